The molecule has 5 N–H and O–H groups in total. The number of nitrogen functional groups attached to an aromatic ring is 1. The fraction of sp³-hybridized carbons (Fsp3) is 0.200. The number of carboxylic acids is 1. The Hall–Kier alpha value is -3.60. The molecule has 0 radical (unpaired) electrons. The molecule has 36 heavy (non-hydrogen) atoms. The molecule has 11 heteroatoms. The molecule has 0 saturated carbocycles. The highest BCUT2D eigenvalue weighted by atomic mass is 35.5. The molecule has 0 fully saturated rings. The largest absolute Gasteiger partial charge is 0.548 e. The number of sulfonamides is 1. The minimum absolute atomic E-state index is 0. The van der Waals surface area contributed by atoms with Crippen LogP contribution in [0.25, 0.3) is 0 Å². The first-order valence-corrected chi connectivity index (χ1v) is 12.4. The third-order valence-electron chi connectivity index (χ3n) is 5.24. The third-order valence-corrected chi connectivity index (χ3v) is 6.72. The molecule has 192 valence electrons. The lowest BCUT2D eigenvalue weighted by atomic mass is 10.0. The monoisotopic (exact) mass is 531 g/mol. The van der Waals surface area contributed by atoms with Crippen molar-refractivity contribution in [3.63, 3.8) is 0 Å². The SMILES string of the molecule is CCc1ccc(OCCNS(=O)(=O)c2ccccc2)c(C(Nc2ccc(C(=N)N)cc2)C(=O)[O-])c1.Cl. The molecule has 1 atom stereocenters. The van der Waals surface area contributed by atoms with Gasteiger partial charge in [0.15, 0.2) is 0 Å². The summed E-state index contributed by atoms with van der Waals surface area (Å²) >= 11 is 0. The van der Waals surface area contributed by atoms with Crippen LogP contribution in [0.2, 0.25) is 0 Å². The first kappa shape index (κ1) is 28.6. The first-order chi connectivity index (χ1) is 16.7. The number of carboxylic acid groups (broad SMARTS) is 1. The van der Waals surface area contributed by atoms with Gasteiger partial charge in [0.05, 0.1) is 16.9 Å². The highest BCUT2D eigenvalue weighted by Gasteiger charge is 2.19. The molecule has 0 amide bonds. The van der Waals surface area contributed by atoms with Gasteiger partial charge in [-0.3, -0.25) is 5.41 Å². The van der Waals surface area contributed by atoms with Crippen molar-refractivity contribution >= 4 is 39.9 Å². The van der Waals surface area contributed by atoms with Gasteiger partial charge in [-0.05, 0) is 60.5 Å². The predicted octanol–water partition coefficient (Wildman–Crippen LogP) is 2.22. The number of ether oxygens (including phenoxy) is 1. The predicted molar refractivity (Wildman–Crippen MR) is 139 cm³/mol. The maximum Gasteiger partial charge on any atom is 0.240 e. The summed E-state index contributed by atoms with van der Waals surface area (Å²) in [5, 5.41) is 22.5. The number of halogens is 1. The molecular weight excluding hydrogens is 504 g/mol. The smallest absolute Gasteiger partial charge is 0.240 e. The maximum atomic E-state index is 12.4. The average Bonchev–Trinajstić information content (AvgIpc) is 2.86. The quantitative estimate of drug-likeness (QED) is 0.158. The molecule has 0 aliphatic carbocycles. The summed E-state index contributed by atoms with van der Waals surface area (Å²) in [6.07, 6.45) is 0.678. The van der Waals surface area contributed by atoms with E-state index in [0.717, 1.165) is 5.56 Å². The number of carbonyl (C=O) groups excluding carboxylic acids is 1. The minimum Gasteiger partial charge on any atom is -0.548 e. The van der Waals surface area contributed by atoms with Crippen LogP contribution in [-0.2, 0) is 21.2 Å². The Morgan fingerprint density at radius 1 is 1.08 bits per heavy atom. The van der Waals surface area contributed by atoms with Crippen molar-refractivity contribution in [2.45, 2.75) is 24.3 Å². The van der Waals surface area contributed by atoms with Crippen molar-refractivity contribution in [1.82, 2.24) is 4.72 Å². The van der Waals surface area contributed by atoms with E-state index in [0.29, 0.717) is 29.0 Å². The van der Waals surface area contributed by atoms with E-state index in [1.807, 2.05) is 13.0 Å². The lowest BCUT2D eigenvalue weighted by molar-refractivity contribution is -0.307. The van der Waals surface area contributed by atoms with Crippen LogP contribution in [0.15, 0.2) is 77.7 Å². The standard InChI is InChI=1S/C25H28N4O5S.ClH/c1-2-17-8-13-22(34-15-14-28-35(32,33)20-6-4-3-5-7-20)21(16-17)23(25(30)31)29-19-11-9-18(10-12-19)24(26)27;/h3-13,16,23,28-29H,2,14-15H2,1H3,(H3,26,27)(H,30,31);1H/p-1. The average molecular weight is 532 g/mol. The van der Waals surface area contributed by atoms with Crippen LogP contribution < -0.4 is 25.6 Å². The van der Waals surface area contributed by atoms with Gasteiger partial charge in [0.2, 0.25) is 10.0 Å². The summed E-state index contributed by atoms with van der Waals surface area (Å²) in [4.78, 5) is 12.2. The fourth-order valence-corrected chi connectivity index (χ4v) is 4.41. The van der Waals surface area contributed by atoms with E-state index in [1.54, 1.807) is 54.6 Å². The molecule has 0 aromatic heterocycles. The van der Waals surface area contributed by atoms with Crippen molar-refractivity contribution in [1.29, 1.82) is 5.41 Å². The summed E-state index contributed by atoms with van der Waals surface area (Å²) in [5.41, 5.74) is 7.73. The van der Waals surface area contributed by atoms with E-state index in [2.05, 4.69) is 10.0 Å². The number of carbonyl (C=O) groups is 1. The summed E-state index contributed by atoms with van der Waals surface area (Å²) in [6.45, 7) is 1.92. The number of hydrogen-bond acceptors (Lipinski definition) is 7. The maximum absolute atomic E-state index is 12.4. The number of benzene rings is 3. The number of hydrogen-bond donors (Lipinski definition) is 4. The van der Waals surface area contributed by atoms with E-state index < -0.39 is 22.0 Å². The van der Waals surface area contributed by atoms with Crippen molar-refractivity contribution < 1.29 is 23.1 Å². The second kappa shape index (κ2) is 12.9. The lowest BCUT2D eigenvalue weighted by Gasteiger charge is -2.24. The molecule has 0 bridgehead atoms. The van der Waals surface area contributed by atoms with Gasteiger partial charge in [0.1, 0.15) is 18.2 Å². The second-order valence-corrected chi connectivity index (χ2v) is 9.44. The summed E-state index contributed by atoms with van der Waals surface area (Å²) < 4.78 is 33.0. The number of nitrogens with one attached hydrogen (secondary N) is 3. The van der Waals surface area contributed by atoms with Crippen LogP contribution in [0, 0.1) is 5.41 Å². The van der Waals surface area contributed by atoms with Crippen molar-refractivity contribution in [2.24, 2.45) is 5.73 Å². The zero-order valence-corrected chi connectivity index (χ0v) is 21.2. The van der Waals surface area contributed by atoms with E-state index in [4.69, 9.17) is 15.9 Å². The molecule has 0 heterocycles. The zero-order valence-electron chi connectivity index (χ0n) is 19.6. The van der Waals surface area contributed by atoms with Crippen LogP contribution in [0.1, 0.15) is 29.7 Å². The van der Waals surface area contributed by atoms with E-state index >= 15 is 0 Å². The Kier molecular flexibility index (Phi) is 10.3. The molecule has 0 aliphatic rings. The van der Waals surface area contributed by atoms with Gasteiger partial charge in [0.25, 0.3) is 0 Å². The Morgan fingerprint density at radius 2 is 1.75 bits per heavy atom. The Balaban J connectivity index is 0.00000456. The summed E-state index contributed by atoms with van der Waals surface area (Å²) in [5.74, 6) is -1.16. The molecule has 0 saturated heterocycles. The Morgan fingerprint density at radius 3 is 2.33 bits per heavy atom. The minimum atomic E-state index is -3.69. The number of rotatable bonds is 12. The molecule has 3 aromatic rings. The fourth-order valence-electron chi connectivity index (χ4n) is 3.37. The van der Waals surface area contributed by atoms with Crippen molar-refractivity contribution in [2.75, 3.05) is 18.5 Å². The number of nitrogens with two attached hydrogens (primary N) is 1. The van der Waals surface area contributed by atoms with Crippen LogP contribution in [0.5, 0.6) is 5.75 Å². The normalized spacial score (nSPS) is 11.7. The van der Waals surface area contributed by atoms with Crippen LogP contribution in [-0.4, -0.2) is 33.4 Å². The summed E-state index contributed by atoms with van der Waals surface area (Å²) in [7, 11) is -3.69. The highest BCUT2D eigenvalue weighted by molar-refractivity contribution is 7.89. The molecule has 3 rings (SSSR count). The summed E-state index contributed by atoms with van der Waals surface area (Å²) in [6, 6.07) is 18.4. The van der Waals surface area contributed by atoms with Crippen LogP contribution in [0.3, 0.4) is 0 Å². The second-order valence-electron chi connectivity index (χ2n) is 7.67. The number of aliphatic carboxylic acids is 1. The third kappa shape index (κ3) is 7.45. The van der Waals surface area contributed by atoms with Gasteiger partial charge >= 0.3 is 0 Å². The van der Waals surface area contributed by atoms with Crippen molar-refractivity contribution in [3.8, 4) is 5.75 Å². The van der Waals surface area contributed by atoms with Gasteiger partial charge in [-0.15, -0.1) is 12.4 Å². The van der Waals surface area contributed by atoms with Crippen LogP contribution in [0.4, 0.5) is 5.69 Å². The van der Waals surface area contributed by atoms with Crippen molar-refractivity contribution in [3.05, 3.63) is 89.5 Å². The Bertz CT molecular complexity index is 1290. The molecule has 9 nitrogen and oxygen atoms in total. The van der Waals surface area contributed by atoms with E-state index in [9.17, 15) is 18.3 Å². The van der Waals surface area contributed by atoms with Crippen LogP contribution >= 0.6 is 12.4 Å². The molecule has 0 aliphatic heterocycles. The van der Waals surface area contributed by atoms with E-state index in [1.165, 1.54) is 12.1 Å². The Labute approximate surface area is 216 Å². The molecule has 0 spiro atoms. The van der Waals surface area contributed by atoms with Gasteiger partial charge < -0.3 is 25.7 Å². The topological polar surface area (TPSA) is 157 Å². The molecule has 3 aromatic carbocycles. The zero-order chi connectivity index (χ0) is 25.4. The van der Waals surface area contributed by atoms with Gasteiger partial charge in [-0.1, -0.05) is 31.2 Å². The number of anilines is 1. The van der Waals surface area contributed by atoms with Gasteiger partial charge in [-0.25, -0.2) is 13.1 Å². The lowest BCUT2D eigenvalue weighted by Crippen LogP contribution is -2.35. The van der Waals surface area contributed by atoms with Gasteiger partial charge in [-0.2, -0.15) is 0 Å². The number of amidine groups is 1. The molecular formula is C25H28ClN4O5S-. The highest BCUT2D eigenvalue weighted by Crippen LogP contribution is 2.30. The number of aryl methyl sites for hydroxylation is 1. The van der Waals surface area contributed by atoms with Gasteiger partial charge in [0, 0.05) is 23.4 Å². The first-order valence-electron chi connectivity index (χ1n) is 10.9. The molecule has 1 unspecified atom stereocenters. The van der Waals surface area contributed by atoms with E-state index in [-0.39, 0.29) is 36.3 Å².